The zero-order valence-corrected chi connectivity index (χ0v) is 14.8. The molecule has 0 radical (unpaired) electrons. The SMILES string of the molecule is Cc1c(Cl)cc(C(=O)NC(C)CS(C)=O)cc1S(=O)(=O)Cl. The van der Waals surface area contributed by atoms with Crippen molar-refractivity contribution < 1.29 is 17.4 Å². The van der Waals surface area contributed by atoms with E-state index in [1.54, 1.807) is 6.92 Å². The molecule has 0 aliphatic rings. The van der Waals surface area contributed by atoms with E-state index < -0.39 is 25.8 Å². The summed E-state index contributed by atoms with van der Waals surface area (Å²) in [4.78, 5) is 11.9. The van der Waals surface area contributed by atoms with Crippen LogP contribution in [0.5, 0.6) is 0 Å². The maximum atomic E-state index is 12.1. The molecule has 0 bridgehead atoms. The van der Waals surface area contributed by atoms with Crippen LogP contribution >= 0.6 is 22.3 Å². The smallest absolute Gasteiger partial charge is 0.261 e. The van der Waals surface area contributed by atoms with E-state index in [1.165, 1.54) is 25.3 Å². The number of rotatable bonds is 5. The van der Waals surface area contributed by atoms with Crippen LogP contribution in [0.4, 0.5) is 0 Å². The summed E-state index contributed by atoms with van der Waals surface area (Å²) < 4.78 is 34.1. The lowest BCUT2D eigenvalue weighted by atomic mass is 10.1. The topological polar surface area (TPSA) is 80.3 Å². The molecule has 0 saturated carbocycles. The van der Waals surface area contributed by atoms with Gasteiger partial charge in [0.15, 0.2) is 0 Å². The first-order valence-electron chi connectivity index (χ1n) is 5.88. The Labute approximate surface area is 135 Å². The fourth-order valence-corrected chi connectivity index (χ4v) is 4.03. The van der Waals surface area contributed by atoms with Gasteiger partial charge in [-0.1, -0.05) is 11.6 Å². The predicted octanol–water partition coefficient (Wildman–Crippen LogP) is 2.07. The number of benzene rings is 1. The van der Waals surface area contributed by atoms with Crippen LogP contribution in [0.2, 0.25) is 5.02 Å². The van der Waals surface area contributed by atoms with Crippen molar-refractivity contribution in [1.29, 1.82) is 0 Å². The van der Waals surface area contributed by atoms with Crippen molar-refractivity contribution in [3.8, 4) is 0 Å². The average molecular weight is 372 g/mol. The van der Waals surface area contributed by atoms with Gasteiger partial charge in [-0.15, -0.1) is 0 Å². The third kappa shape index (κ3) is 5.25. The predicted molar refractivity (Wildman–Crippen MR) is 85.1 cm³/mol. The molecule has 21 heavy (non-hydrogen) atoms. The fraction of sp³-hybridized carbons (Fsp3) is 0.417. The van der Waals surface area contributed by atoms with Crippen LogP contribution in [-0.2, 0) is 19.9 Å². The number of hydrogen-bond acceptors (Lipinski definition) is 4. The number of amides is 1. The first-order chi connectivity index (χ1) is 9.52. The molecule has 1 aromatic carbocycles. The first kappa shape index (κ1) is 18.4. The summed E-state index contributed by atoms with van der Waals surface area (Å²) in [6.45, 7) is 3.20. The Morgan fingerprint density at radius 1 is 1.43 bits per heavy atom. The Kier molecular flexibility index (Phi) is 6.22. The largest absolute Gasteiger partial charge is 0.349 e. The van der Waals surface area contributed by atoms with Gasteiger partial charge in [-0.3, -0.25) is 9.00 Å². The van der Waals surface area contributed by atoms with Crippen molar-refractivity contribution in [1.82, 2.24) is 5.32 Å². The summed E-state index contributed by atoms with van der Waals surface area (Å²) in [7, 11) is 0.276. The van der Waals surface area contributed by atoms with Gasteiger partial charge in [0, 0.05) is 50.1 Å². The van der Waals surface area contributed by atoms with Gasteiger partial charge in [0.05, 0.1) is 4.90 Å². The van der Waals surface area contributed by atoms with Crippen molar-refractivity contribution >= 4 is 48.0 Å². The summed E-state index contributed by atoms with van der Waals surface area (Å²) in [6, 6.07) is 2.22. The summed E-state index contributed by atoms with van der Waals surface area (Å²) in [5.74, 6) is -0.206. The normalized spacial score (nSPS) is 14.5. The quantitative estimate of drug-likeness (QED) is 0.803. The number of hydrogen-bond donors (Lipinski definition) is 1. The maximum Gasteiger partial charge on any atom is 0.261 e. The molecule has 1 aromatic rings. The molecule has 0 fully saturated rings. The van der Waals surface area contributed by atoms with Gasteiger partial charge >= 0.3 is 0 Å². The van der Waals surface area contributed by atoms with E-state index in [-0.39, 0.29) is 27.1 Å². The van der Waals surface area contributed by atoms with E-state index in [2.05, 4.69) is 5.32 Å². The van der Waals surface area contributed by atoms with Crippen LogP contribution in [0.15, 0.2) is 17.0 Å². The molecule has 0 spiro atoms. The molecule has 1 amide bonds. The lowest BCUT2D eigenvalue weighted by Gasteiger charge is -2.14. The van der Waals surface area contributed by atoms with Crippen LogP contribution in [0.25, 0.3) is 0 Å². The highest BCUT2D eigenvalue weighted by molar-refractivity contribution is 8.13. The lowest BCUT2D eigenvalue weighted by Crippen LogP contribution is -2.36. The molecular formula is C12H15Cl2NO4S2. The van der Waals surface area contributed by atoms with Gasteiger partial charge in [-0.25, -0.2) is 8.42 Å². The highest BCUT2D eigenvalue weighted by Gasteiger charge is 2.20. The molecule has 0 heterocycles. The summed E-state index contributed by atoms with van der Waals surface area (Å²) in [5.41, 5.74) is 0.365. The van der Waals surface area contributed by atoms with Crippen LogP contribution < -0.4 is 5.32 Å². The second-order valence-electron chi connectivity index (χ2n) is 4.63. The van der Waals surface area contributed by atoms with Crippen LogP contribution in [0, 0.1) is 6.92 Å². The van der Waals surface area contributed by atoms with E-state index in [9.17, 15) is 17.4 Å². The Balaban J connectivity index is 3.12. The second kappa shape index (κ2) is 7.09. The zero-order chi connectivity index (χ0) is 16.4. The third-order valence-electron chi connectivity index (χ3n) is 2.68. The highest BCUT2D eigenvalue weighted by Crippen LogP contribution is 2.27. The summed E-state index contributed by atoms with van der Waals surface area (Å²) >= 11 is 5.94. The van der Waals surface area contributed by atoms with Crippen molar-refractivity contribution in [2.75, 3.05) is 12.0 Å². The molecular weight excluding hydrogens is 357 g/mol. The van der Waals surface area contributed by atoms with Crippen molar-refractivity contribution in [2.45, 2.75) is 24.8 Å². The monoisotopic (exact) mass is 371 g/mol. The van der Waals surface area contributed by atoms with Gasteiger partial charge < -0.3 is 5.32 Å². The van der Waals surface area contributed by atoms with Gasteiger partial charge in [-0.05, 0) is 31.5 Å². The molecule has 0 aliphatic carbocycles. The Bertz CT molecular complexity index is 689. The van der Waals surface area contributed by atoms with Crippen LogP contribution in [0.1, 0.15) is 22.8 Å². The molecule has 118 valence electrons. The second-order valence-corrected chi connectivity index (χ2v) is 9.05. The van der Waals surface area contributed by atoms with Crippen molar-refractivity contribution in [2.24, 2.45) is 0 Å². The molecule has 0 saturated heterocycles. The Morgan fingerprint density at radius 3 is 2.48 bits per heavy atom. The van der Waals surface area contributed by atoms with Crippen LogP contribution in [-0.4, -0.2) is 36.6 Å². The number of halogens is 2. The van der Waals surface area contributed by atoms with E-state index in [1.807, 2.05) is 0 Å². The van der Waals surface area contributed by atoms with Crippen molar-refractivity contribution in [3.63, 3.8) is 0 Å². The van der Waals surface area contributed by atoms with Gasteiger partial charge in [0.1, 0.15) is 0 Å². The van der Waals surface area contributed by atoms with E-state index in [0.717, 1.165) is 0 Å². The lowest BCUT2D eigenvalue weighted by molar-refractivity contribution is 0.0943. The van der Waals surface area contributed by atoms with Gasteiger partial charge in [0.2, 0.25) is 0 Å². The molecule has 1 N–H and O–H groups in total. The molecule has 9 heteroatoms. The molecule has 2 unspecified atom stereocenters. The molecule has 0 aromatic heterocycles. The minimum absolute atomic E-state index is 0.0820. The first-order valence-corrected chi connectivity index (χ1v) is 10.3. The fourth-order valence-electron chi connectivity index (χ4n) is 1.74. The minimum atomic E-state index is -4.00. The number of nitrogens with one attached hydrogen (secondary N) is 1. The number of carbonyl (C=O) groups excluding carboxylic acids is 1. The van der Waals surface area contributed by atoms with Crippen LogP contribution in [0.3, 0.4) is 0 Å². The minimum Gasteiger partial charge on any atom is -0.349 e. The third-order valence-corrected chi connectivity index (χ3v) is 5.49. The maximum absolute atomic E-state index is 12.1. The van der Waals surface area contributed by atoms with E-state index in [0.29, 0.717) is 5.75 Å². The average Bonchev–Trinajstić information content (AvgIpc) is 2.29. The standard InChI is InChI=1S/C12H15Cl2NO4S2/c1-7(6-20(3)17)15-12(16)9-4-10(13)8(2)11(5-9)21(14,18)19/h4-5,7H,6H2,1-3H3,(H,15,16). The zero-order valence-electron chi connectivity index (χ0n) is 11.6. The number of carbonyl (C=O) groups is 1. The highest BCUT2D eigenvalue weighted by atomic mass is 35.7. The summed E-state index contributed by atoms with van der Waals surface area (Å²) in [6.07, 6.45) is 1.53. The Morgan fingerprint density at radius 2 is 2.00 bits per heavy atom. The van der Waals surface area contributed by atoms with E-state index in [4.69, 9.17) is 22.3 Å². The molecule has 2 atom stereocenters. The Hall–Kier alpha value is -0.630. The van der Waals surface area contributed by atoms with Gasteiger partial charge in [0.25, 0.3) is 15.0 Å². The van der Waals surface area contributed by atoms with E-state index >= 15 is 0 Å². The molecule has 5 nitrogen and oxygen atoms in total. The van der Waals surface area contributed by atoms with Gasteiger partial charge in [-0.2, -0.15) is 0 Å². The van der Waals surface area contributed by atoms with Crippen molar-refractivity contribution in [3.05, 3.63) is 28.3 Å². The molecule has 0 aliphatic heterocycles. The molecule has 1 rings (SSSR count). The summed E-state index contributed by atoms with van der Waals surface area (Å²) in [5, 5.41) is 2.76.